The maximum atomic E-state index is 13.1. The van der Waals surface area contributed by atoms with E-state index in [0.29, 0.717) is 31.0 Å². The van der Waals surface area contributed by atoms with Gasteiger partial charge in [0, 0.05) is 19.2 Å². The summed E-state index contributed by atoms with van der Waals surface area (Å²) in [6.45, 7) is 0.988. The van der Waals surface area contributed by atoms with Crippen molar-refractivity contribution in [1.29, 1.82) is 0 Å². The molecule has 1 atom stereocenters. The number of benzene rings is 2. The highest BCUT2D eigenvalue weighted by molar-refractivity contribution is 6.22. The van der Waals surface area contributed by atoms with Gasteiger partial charge in [-0.05, 0) is 41.8 Å². The molecule has 32 heavy (non-hydrogen) atoms. The van der Waals surface area contributed by atoms with E-state index < -0.39 is 30.0 Å². The number of nitrogens with zero attached hydrogens (tertiary/aromatic N) is 2. The zero-order valence-electron chi connectivity index (χ0n) is 17.4. The van der Waals surface area contributed by atoms with Crippen LogP contribution in [0.4, 0.5) is 18.9 Å². The summed E-state index contributed by atoms with van der Waals surface area (Å²) in [5, 5.41) is 0. The fraction of sp³-hybridized carbons (Fsp3) is 0.364. The molecule has 2 aromatic carbocycles. The van der Waals surface area contributed by atoms with Crippen LogP contribution in [0, 0.1) is 0 Å². The molecule has 4 rings (SSSR count). The van der Waals surface area contributed by atoms with Crippen LogP contribution >= 0.6 is 0 Å². The predicted molar refractivity (Wildman–Crippen MR) is 108 cm³/mol. The molecule has 0 spiro atoms. The quantitative estimate of drug-likeness (QED) is 0.652. The van der Waals surface area contributed by atoms with Crippen molar-refractivity contribution in [3.8, 4) is 17.2 Å². The first-order chi connectivity index (χ1) is 15.2. The first-order valence-corrected chi connectivity index (χ1v) is 9.90. The maximum absolute atomic E-state index is 13.1. The number of rotatable bonds is 5. The van der Waals surface area contributed by atoms with Crippen molar-refractivity contribution in [1.82, 2.24) is 4.90 Å². The zero-order chi connectivity index (χ0) is 23.0. The highest BCUT2D eigenvalue weighted by Gasteiger charge is 2.43. The average Bonchev–Trinajstić information content (AvgIpc) is 3.05. The molecule has 0 bridgehead atoms. The lowest BCUT2D eigenvalue weighted by atomic mass is 9.97. The van der Waals surface area contributed by atoms with Gasteiger partial charge in [0.15, 0.2) is 11.5 Å². The number of hydrogen-bond acceptors (Lipinski definition) is 6. The van der Waals surface area contributed by atoms with Crippen LogP contribution in [0.5, 0.6) is 17.2 Å². The van der Waals surface area contributed by atoms with Gasteiger partial charge < -0.3 is 14.2 Å². The molecular formula is C22H21F3N2O5. The van der Waals surface area contributed by atoms with E-state index in [1.54, 1.807) is 14.2 Å². The molecule has 2 aromatic rings. The number of amides is 2. The van der Waals surface area contributed by atoms with Crippen molar-refractivity contribution in [2.24, 2.45) is 0 Å². The van der Waals surface area contributed by atoms with Gasteiger partial charge in [0.1, 0.15) is 5.75 Å². The summed E-state index contributed by atoms with van der Waals surface area (Å²) in [4.78, 5) is 28.6. The van der Waals surface area contributed by atoms with Crippen molar-refractivity contribution in [2.75, 3.05) is 25.7 Å². The Hall–Kier alpha value is -3.27. The minimum Gasteiger partial charge on any atom is -0.493 e. The maximum Gasteiger partial charge on any atom is 0.573 e. The molecule has 170 valence electrons. The standard InChI is InChI=1S/C22H21F3N2O5/c1-30-18-8-13-6-7-26(12-14(13)9-19(18)31-2)17-11-20(28)27(21(17)29)15-4-3-5-16(10-15)32-22(23,24)25/h3-5,8-10,17H,6-7,11-12H2,1-2H3. The molecule has 0 saturated carbocycles. The summed E-state index contributed by atoms with van der Waals surface area (Å²) in [6.07, 6.45) is -4.26. The Balaban J connectivity index is 1.55. The number of halogens is 3. The van der Waals surface area contributed by atoms with Gasteiger partial charge in [-0.1, -0.05) is 6.07 Å². The van der Waals surface area contributed by atoms with E-state index >= 15 is 0 Å². The molecule has 1 saturated heterocycles. The predicted octanol–water partition coefficient (Wildman–Crippen LogP) is 3.29. The minimum absolute atomic E-state index is 0.0491. The Morgan fingerprint density at radius 3 is 2.34 bits per heavy atom. The molecule has 2 amide bonds. The van der Waals surface area contributed by atoms with Crippen molar-refractivity contribution in [2.45, 2.75) is 31.8 Å². The molecule has 10 heteroatoms. The van der Waals surface area contributed by atoms with Crippen LogP contribution in [0.25, 0.3) is 0 Å². The molecule has 0 radical (unpaired) electrons. The molecule has 7 nitrogen and oxygen atoms in total. The Bertz CT molecular complexity index is 1060. The summed E-state index contributed by atoms with van der Waals surface area (Å²) in [7, 11) is 3.10. The van der Waals surface area contributed by atoms with Crippen LogP contribution in [0.1, 0.15) is 17.5 Å². The van der Waals surface area contributed by atoms with Gasteiger partial charge in [-0.3, -0.25) is 14.5 Å². The Morgan fingerprint density at radius 2 is 1.69 bits per heavy atom. The smallest absolute Gasteiger partial charge is 0.493 e. The topological polar surface area (TPSA) is 68.3 Å². The van der Waals surface area contributed by atoms with E-state index in [1.807, 2.05) is 17.0 Å². The summed E-state index contributed by atoms with van der Waals surface area (Å²) in [5.41, 5.74) is 2.09. The van der Waals surface area contributed by atoms with E-state index in [2.05, 4.69) is 4.74 Å². The van der Waals surface area contributed by atoms with Crippen molar-refractivity contribution >= 4 is 17.5 Å². The number of methoxy groups -OCH3 is 2. The Morgan fingerprint density at radius 1 is 1.00 bits per heavy atom. The number of ether oxygens (including phenoxy) is 3. The van der Waals surface area contributed by atoms with Crippen LogP contribution in [0.15, 0.2) is 36.4 Å². The lowest BCUT2D eigenvalue weighted by Crippen LogP contribution is -2.44. The lowest BCUT2D eigenvalue weighted by Gasteiger charge is -2.32. The van der Waals surface area contributed by atoms with Gasteiger partial charge in [0.05, 0.1) is 32.4 Å². The number of carbonyl (C=O) groups is 2. The van der Waals surface area contributed by atoms with E-state index in [4.69, 9.17) is 9.47 Å². The second-order valence-electron chi connectivity index (χ2n) is 7.53. The molecule has 1 fully saturated rings. The average molecular weight is 450 g/mol. The van der Waals surface area contributed by atoms with Crippen LogP contribution in [0.2, 0.25) is 0 Å². The number of fused-ring (bicyclic) bond motifs is 1. The largest absolute Gasteiger partial charge is 0.573 e. The van der Waals surface area contributed by atoms with Crippen LogP contribution in [-0.2, 0) is 22.6 Å². The van der Waals surface area contributed by atoms with Crippen LogP contribution in [-0.4, -0.2) is 49.9 Å². The van der Waals surface area contributed by atoms with Crippen LogP contribution < -0.4 is 19.1 Å². The van der Waals surface area contributed by atoms with E-state index in [9.17, 15) is 22.8 Å². The molecule has 1 unspecified atom stereocenters. The number of imide groups is 1. The van der Waals surface area contributed by atoms with E-state index in [1.165, 1.54) is 12.1 Å². The highest BCUT2D eigenvalue weighted by atomic mass is 19.4. The second kappa shape index (κ2) is 8.34. The monoisotopic (exact) mass is 450 g/mol. The Labute approximate surface area is 182 Å². The highest BCUT2D eigenvalue weighted by Crippen LogP contribution is 2.36. The third kappa shape index (κ3) is 4.22. The third-order valence-corrected chi connectivity index (χ3v) is 5.62. The summed E-state index contributed by atoms with van der Waals surface area (Å²) in [5.74, 6) is -0.235. The van der Waals surface area contributed by atoms with Gasteiger partial charge in [0.25, 0.3) is 5.91 Å². The number of hydrogen-bond donors (Lipinski definition) is 0. The Kier molecular flexibility index (Phi) is 5.72. The SMILES string of the molecule is COc1cc2c(cc1OC)CN(C1CC(=O)N(c3cccc(OC(F)(F)F)c3)C1=O)CC2. The number of alkyl halides is 3. The van der Waals surface area contributed by atoms with Gasteiger partial charge in [0.2, 0.25) is 5.91 Å². The van der Waals surface area contributed by atoms with E-state index in [0.717, 1.165) is 28.2 Å². The molecule has 0 N–H and O–H groups in total. The second-order valence-corrected chi connectivity index (χ2v) is 7.53. The number of anilines is 1. The molecule has 2 aliphatic heterocycles. The van der Waals surface area contributed by atoms with Gasteiger partial charge >= 0.3 is 6.36 Å². The van der Waals surface area contributed by atoms with Crippen molar-refractivity contribution in [3.63, 3.8) is 0 Å². The molecule has 0 aliphatic carbocycles. The van der Waals surface area contributed by atoms with Gasteiger partial charge in [-0.2, -0.15) is 0 Å². The summed E-state index contributed by atoms with van der Waals surface area (Å²) < 4.78 is 52.2. The molecule has 2 aliphatic rings. The molecule has 0 aromatic heterocycles. The van der Waals surface area contributed by atoms with Crippen molar-refractivity contribution in [3.05, 3.63) is 47.5 Å². The summed E-state index contributed by atoms with van der Waals surface area (Å²) in [6, 6.07) is 7.93. The van der Waals surface area contributed by atoms with Gasteiger partial charge in [-0.15, -0.1) is 13.2 Å². The minimum atomic E-state index is -4.87. The normalized spacial score (nSPS) is 19.2. The molecular weight excluding hydrogens is 429 g/mol. The number of carbonyl (C=O) groups excluding carboxylic acids is 2. The third-order valence-electron chi connectivity index (χ3n) is 5.62. The summed E-state index contributed by atoms with van der Waals surface area (Å²) >= 11 is 0. The van der Waals surface area contributed by atoms with Gasteiger partial charge in [-0.25, -0.2) is 4.90 Å². The zero-order valence-corrected chi connectivity index (χ0v) is 17.4. The molecule has 2 heterocycles. The van der Waals surface area contributed by atoms with Crippen molar-refractivity contribution < 1.29 is 37.0 Å². The van der Waals surface area contributed by atoms with E-state index in [-0.39, 0.29) is 12.1 Å². The fourth-order valence-electron chi connectivity index (χ4n) is 4.16. The van der Waals surface area contributed by atoms with Crippen LogP contribution in [0.3, 0.4) is 0 Å². The fourth-order valence-corrected chi connectivity index (χ4v) is 4.16. The first-order valence-electron chi connectivity index (χ1n) is 9.90. The first kappa shape index (κ1) is 21.9. The lowest BCUT2D eigenvalue weighted by molar-refractivity contribution is -0.274.